The number of nitrogens with zero attached hydrogens (tertiary/aromatic N) is 3. The molecule has 0 spiro atoms. The molecule has 4 rings (SSSR count). The average molecular weight is 558 g/mol. The van der Waals surface area contributed by atoms with E-state index in [1.807, 2.05) is 4.98 Å². The molecule has 0 unspecified atom stereocenters. The summed E-state index contributed by atoms with van der Waals surface area (Å²) in [4.78, 5) is 53.4. The minimum absolute atomic E-state index is 0.0709. The van der Waals surface area contributed by atoms with Gasteiger partial charge in [0.1, 0.15) is 54.5 Å². The number of aliphatic carboxylic acids is 1. The van der Waals surface area contributed by atoms with E-state index in [-0.39, 0.29) is 18.8 Å². The summed E-state index contributed by atoms with van der Waals surface area (Å²) in [5.74, 6) is -2.17. The van der Waals surface area contributed by atoms with Crippen LogP contribution >= 0.6 is 0 Å². The molecule has 1 amide bonds. The highest BCUT2D eigenvalue weighted by atomic mass is 16.7. The predicted molar refractivity (Wildman–Crippen MR) is 127 cm³/mol. The fraction of sp³-hybridized carbons (Fsp3) is 0.636. The van der Waals surface area contributed by atoms with E-state index in [0.29, 0.717) is 0 Å². The van der Waals surface area contributed by atoms with Crippen molar-refractivity contribution < 1.29 is 49.3 Å². The van der Waals surface area contributed by atoms with Gasteiger partial charge in [-0.3, -0.25) is 24.0 Å². The first-order chi connectivity index (χ1) is 18.4. The van der Waals surface area contributed by atoms with Crippen LogP contribution < -0.4 is 17.0 Å². The second kappa shape index (κ2) is 11.2. The number of hydrogen-bond donors (Lipinski definition) is 7. The maximum Gasteiger partial charge on any atom is 0.352 e. The Morgan fingerprint density at radius 2 is 1.82 bits per heavy atom. The van der Waals surface area contributed by atoms with Gasteiger partial charge in [0.25, 0.3) is 5.56 Å². The maximum absolute atomic E-state index is 13.6. The number of likely N-dealkylation sites (N-methyl/N-ethyl adjacent to an activating group) is 2. The van der Waals surface area contributed by atoms with Crippen molar-refractivity contribution in [2.24, 2.45) is 5.73 Å². The van der Waals surface area contributed by atoms with Crippen LogP contribution in [0.4, 0.5) is 0 Å². The summed E-state index contributed by atoms with van der Waals surface area (Å²) in [6.07, 6.45) is -11.5. The number of carbonyl (C=O) groups is 2. The van der Waals surface area contributed by atoms with Crippen LogP contribution in [0.2, 0.25) is 0 Å². The number of rotatable bonds is 7. The molecule has 0 radical (unpaired) electrons. The van der Waals surface area contributed by atoms with E-state index >= 15 is 0 Å². The van der Waals surface area contributed by atoms with Gasteiger partial charge in [-0.1, -0.05) is 0 Å². The summed E-state index contributed by atoms with van der Waals surface area (Å²) in [5, 5.41) is 52.1. The first-order valence-electron chi connectivity index (χ1n) is 12.0. The lowest BCUT2D eigenvalue weighted by atomic mass is 9.97. The first-order valence-corrected chi connectivity index (χ1v) is 12.0. The standard InChI is InChI=1S/C22H31N5O12/c1-25-5-3-8(20(34)35)26(2)18(33)11(25)16(39-21-15(32)12(29)9(7-23)37-21)17-13(30)14(31)19(38-17)27-6-4-10(28)24-22(27)36/h3-4,6,9,11-17,19,21,29-32H,5,7,23H2,1-2H3,(H,34,35)(H,24,28,36)/t9-,11+,12-,13+,14-,15-,16+,17+,19-,21+/m1/s1. The largest absolute Gasteiger partial charge is 0.477 e. The van der Waals surface area contributed by atoms with E-state index in [0.717, 1.165) is 21.7 Å². The number of aliphatic hydroxyl groups is 4. The minimum Gasteiger partial charge on any atom is -0.477 e. The van der Waals surface area contributed by atoms with Gasteiger partial charge in [-0.15, -0.1) is 0 Å². The highest BCUT2D eigenvalue weighted by molar-refractivity contribution is 5.95. The molecule has 2 saturated heterocycles. The number of ether oxygens (including phenoxy) is 3. The van der Waals surface area contributed by atoms with Crippen molar-refractivity contribution in [1.29, 1.82) is 0 Å². The number of aromatic nitrogens is 2. The van der Waals surface area contributed by atoms with E-state index < -0.39 is 84.4 Å². The Morgan fingerprint density at radius 3 is 2.41 bits per heavy atom. The summed E-state index contributed by atoms with van der Waals surface area (Å²) in [6.45, 7) is -0.253. The van der Waals surface area contributed by atoms with E-state index in [1.54, 1.807) is 0 Å². The molecule has 3 aliphatic heterocycles. The molecule has 3 aliphatic rings. The van der Waals surface area contributed by atoms with Crippen molar-refractivity contribution in [1.82, 2.24) is 19.4 Å². The number of amides is 1. The topological polar surface area (TPSA) is 250 Å². The summed E-state index contributed by atoms with van der Waals surface area (Å²) >= 11 is 0. The third-order valence-electron chi connectivity index (χ3n) is 7.09. The number of aliphatic hydroxyl groups excluding tert-OH is 4. The molecule has 17 heteroatoms. The lowest BCUT2D eigenvalue weighted by molar-refractivity contribution is -0.232. The van der Waals surface area contributed by atoms with Crippen molar-refractivity contribution in [2.75, 3.05) is 27.2 Å². The molecule has 10 atom stereocenters. The average Bonchev–Trinajstić information content (AvgIpc) is 3.28. The Kier molecular flexibility index (Phi) is 8.36. The molecule has 17 nitrogen and oxygen atoms in total. The third kappa shape index (κ3) is 5.28. The van der Waals surface area contributed by atoms with Crippen LogP contribution in [-0.4, -0.2) is 139 Å². The van der Waals surface area contributed by atoms with Crippen molar-refractivity contribution >= 4 is 11.9 Å². The Hall–Kier alpha value is -3.00. The molecule has 0 aliphatic carbocycles. The lowest BCUT2D eigenvalue weighted by Crippen LogP contribution is -2.59. The van der Waals surface area contributed by atoms with Gasteiger partial charge in [-0.25, -0.2) is 9.59 Å². The Labute approximate surface area is 220 Å². The molecule has 1 aromatic rings. The number of carbonyl (C=O) groups excluding carboxylic acids is 1. The third-order valence-corrected chi connectivity index (χ3v) is 7.09. The molecule has 216 valence electrons. The van der Waals surface area contributed by atoms with Gasteiger partial charge in [0.2, 0.25) is 5.91 Å². The van der Waals surface area contributed by atoms with Gasteiger partial charge in [0.05, 0.1) is 0 Å². The maximum atomic E-state index is 13.6. The summed E-state index contributed by atoms with van der Waals surface area (Å²) in [6, 6.07) is -0.385. The minimum atomic E-state index is -1.78. The van der Waals surface area contributed by atoms with Crippen LogP contribution in [0.15, 0.2) is 33.6 Å². The molecule has 8 N–H and O–H groups in total. The zero-order valence-electron chi connectivity index (χ0n) is 20.9. The van der Waals surface area contributed by atoms with Crippen molar-refractivity contribution in [3.63, 3.8) is 0 Å². The van der Waals surface area contributed by atoms with Gasteiger partial charge in [0.15, 0.2) is 12.5 Å². The molecular formula is C22H31N5O12. The number of hydrogen-bond acceptors (Lipinski definition) is 13. The van der Waals surface area contributed by atoms with Crippen LogP contribution in [0, 0.1) is 0 Å². The molecule has 2 fully saturated rings. The fourth-order valence-corrected chi connectivity index (χ4v) is 4.93. The molecule has 1 aromatic heterocycles. The van der Waals surface area contributed by atoms with Gasteiger partial charge < -0.3 is 50.4 Å². The molecule has 0 bridgehead atoms. The van der Waals surface area contributed by atoms with E-state index in [4.69, 9.17) is 19.9 Å². The SMILES string of the molecule is CN1C(=O)[C@H]([C@H](O[C@@H]2O[C@H](CN)[C@@H](O)[C@H]2O)[C@H]2O[C@@H](n3ccc(=O)[nH]c3=O)[C@H](O)[C@@H]2O)N(C)CC=C1C(=O)O. The molecule has 0 aromatic carbocycles. The van der Waals surface area contributed by atoms with Crippen molar-refractivity contribution in [3.8, 4) is 0 Å². The Balaban J connectivity index is 1.73. The van der Waals surface area contributed by atoms with Crippen LogP contribution in [-0.2, 0) is 23.8 Å². The van der Waals surface area contributed by atoms with Gasteiger partial charge >= 0.3 is 11.7 Å². The van der Waals surface area contributed by atoms with Crippen LogP contribution in [0.3, 0.4) is 0 Å². The zero-order chi connectivity index (χ0) is 28.8. The van der Waals surface area contributed by atoms with Gasteiger partial charge in [-0.05, 0) is 13.1 Å². The summed E-state index contributed by atoms with van der Waals surface area (Å²) < 4.78 is 18.1. The number of aromatic amines is 1. The van der Waals surface area contributed by atoms with Gasteiger partial charge in [-0.2, -0.15) is 0 Å². The Morgan fingerprint density at radius 1 is 1.13 bits per heavy atom. The number of nitrogens with two attached hydrogens (primary N) is 1. The Bertz CT molecular complexity index is 1230. The second-order valence-electron chi connectivity index (χ2n) is 9.53. The van der Waals surface area contributed by atoms with Crippen molar-refractivity contribution in [2.45, 2.75) is 61.3 Å². The van der Waals surface area contributed by atoms with E-state index in [9.17, 15) is 44.7 Å². The predicted octanol–water partition coefficient (Wildman–Crippen LogP) is -5.31. The van der Waals surface area contributed by atoms with Crippen LogP contribution in [0.1, 0.15) is 6.23 Å². The van der Waals surface area contributed by atoms with Crippen LogP contribution in [0.5, 0.6) is 0 Å². The number of H-pyrrole nitrogens is 1. The summed E-state index contributed by atoms with van der Waals surface area (Å²) in [7, 11) is 2.70. The molecule has 4 heterocycles. The highest BCUT2D eigenvalue weighted by Gasteiger charge is 2.55. The number of nitrogens with one attached hydrogen (secondary N) is 1. The van der Waals surface area contributed by atoms with E-state index in [2.05, 4.69) is 0 Å². The number of carboxylic acids is 1. The highest BCUT2D eigenvalue weighted by Crippen LogP contribution is 2.36. The van der Waals surface area contributed by atoms with E-state index in [1.165, 1.54) is 25.1 Å². The quantitative estimate of drug-likeness (QED) is 0.165. The van der Waals surface area contributed by atoms with Crippen LogP contribution in [0.25, 0.3) is 0 Å². The zero-order valence-corrected chi connectivity index (χ0v) is 20.9. The lowest BCUT2D eigenvalue weighted by Gasteiger charge is -2.38. The normalized spacial score (nSPS) is 36.6. The second-order valence-corrected chi connectivity index (χ2v) is 9.53. The number of carboxylic acid groups (broad SMARTS) is 1. The monoisotopic (exact) mass is 557 g/mol. The molecule has 39 heavy (non-hydrogen) atoms. The van der Waals surface area contributed by atoms with Crippen molar-refractivity contribution in [3.05, 3.63) is 44.9 Å². The fourth-order valence-electron chi connectivity index (χ4n) is 4.93. The van der Waals surface area contributed by atoms with Gasteiger partial charge in [0, 0.05) is 32.4 Å². The molecule has 0 saturated carbocycles. The summed E-state index contributed by atoms with van der Waals surface area (Å²) in [5.41, 5.74) is 3.60. The first kappa shape index (κ1) is 29.0. The molecular weight excluding hydrogens is 526 g/mol. The smallest absolute Gasteiger partial charge is 0.352 e.